The van der Waals surface area contributed by atoms with E-state index in [4.69, 9.17) is 14.2 Å². The molecule has 0 N–H and O–H groups in total. The first-order chi connectivity index (χ1) is 16.4. The first-order valence-corrected chi connectivity index (χ1v) is 11.8. The number of benzene rings is 3. The number of aromatic nitrogens is 1. The van der Waals surface area contributed by atoms with Crippen LogP contribution in [0.25, 0.3) is 34.0 Å². The lowest BCUT2D eigenvalue weighted by Crippen LogP contribution is -2.13. The molecule has 5 rings (SSSR count). The molecule has 0 amide bonds. The third-order valence-corrected chi connectivity index (χ3v) is 6.61. The monoisotopic (exact) mass is 453 g/mol. The van der Waals surface area contributed by atoms with E-state index in [1.54, 1.807) is 14.2 Å². The molecule has 1 aromatic heterocycles. The Morgan fingerprint density at radius 1 is 0.853 bits per heavy atom. The zero-order valence-electron chi connectivity index (χ0n) is 20.7. The van der Waals surface area contributed by atoms with E-state index >= 15 is 0 Å². The number of hydrogen-bond donors (Lipinski definition) is 0. The lowest BCUT2D eigenvalue weighted by atomic mass is 9.96. The van der Waals surface area contributed by atoms with E-state index in [0.717, 1.165) is 39.4 Å². The zero-order chi connectivity index (χ0) is 24.0. The highest BCUT2D eigenvalue weighted by molar-refractivity contribution is 6.11. The van der Waals surface area contributed by atoms with E-state index in [2.05, 4.69) is 74.8 Å². The van der Waals surface area contributed by atoms with E-state index in [9.17, 15) is 0 Å². The van der Waals surface area contributed by atoms with Crippen molar-refractivity contribution < 1.29 is 14.2 Å². The lowest BCUT2D eigenvalue weighted by molar-refractivity contribution is 0.161. The van der Waals surface area contributed by atoms with E-state index in [1.807, 2.05) is 24.3 Å². The van der Waals surface area contributed by atoms with Gasteiger partial charge in [0, 0.05) is 28.5 Å². The SMILES string of the molecule is COc1ccc2c(c1)OC(C)n1c3cc(OC)ccc3c3cc(C(C)C)cc(c31)/C=C/C(C)=C\2. The molecule has 4 aromatic rings. The molecule has 0 saturated heterocycles. The Labute approximate surface area is 201 Å². The van der Waals surface area contributed by atoms with Crippen LogP contribution in [0.5, 0.6) is 17.2 Å². The first kappa shape index (κ1) is 22.1. The van der Waals surface area contributed by atoms with Gasteiger partial charge in [0.05, 0.1) is 25.3 Å². The minimum atomic E-state index is -0.262. The molecular weight excluding hydrogens is 422 g/mol. The molecule has 1 aliphatic rings. The summed E-state index contributed by atoms with van der Waals surface area (Å²) in [5.74, 6) is 2.81. The Kier molecular flexibility index (Phi) is 5.60. The molecule has 174 valence electrons. The summed E-state index contributed by atoms with van der Waals surface area (Å²) in [6, 6.07) is 16.9. The number of allylic oxidation sites excluding steroid dienone is 2. The fraction of sp³-hybridized carbons (Fsp3) is 0.267. The molecule has 34 heavy (non-hydrogen) atoms. The largest absolute Gasteiger partial charge is 0.497 e. The number of rotatable bonds is 3. The van der Waals surface area contributed by atoms with Gasteiger partial charge in [0.2, 0.25) is 0 Å². The van der Waals surface area contributed by atoms with Crippen molar-refractivity contribution in [1.29, 1.82) is 0 Å². The molecule has 0 aliphatic carbocycles. The molecule has 0 fully saturated rings. The smallest absolute Gasteiger partial charge is 0.173 e. The second-order valence-corrected chi connectivity index (χ2v) is 9.26. The van der Waals surface area contributed by atoms with E-state index in [1.165, 1.54) is 21.9 Å². The van der Waals surface area contributed by atoms with Gasteiger partial charge in [0.1, 0.15) is 17.2 Å². The van der Waals surface area contributed by atoms with Crippen LogP contribution in [0, 0.1) is 0 Å². The molecule has 4 nitrogen and oxygen atoms in total. The van der Waals surface area contributed by atoms with Crippen molar-refractivity contribution in [3.05, 3.63) is 76.9 Å². The topological polar surface area (TPSA) is 32.6 Å². The minimum absolute atomic E-state index is 0.262. The van der Waals surface area contributed by atoms with Gasteiger partial charge in [-0.25, -0.2) is 0 Å². The van der Waals surface area contributed by atoms with Crippen LogP contribution in [0.2, 0.25) is 0 Å². The molecular formula is C30H31NO3. The Bertz CT molecular complexity index is 1460. The summed E-state index contributed by atoms with van der Waals surface area (Å²) >= 11 is 0. The number of hydrogen-bond acceptors (Lipinski definition) is 3. The average Bonchev–Trinajstić information content (AvgIpc) is 3.16. The highest BCUT2D eigenvalue weighted by Gasteiger charge is 2.22. The van der Waals surface area contributed by atoms with Gasteiger partial charge in [0.25, 0.3) is 0 Å². The standard InChI is InChI=1S/C30H31NO3/c1-18(2)23-14-22-8-7-19(3)13-21-9-10-25(33-6)17-29(21)34-20(4)31-28-16-24(32-5)11-12-26(28)27(15-23)30(22)31/h7-18,20H,1-6H3/b8-7+,19-13-. The van der Waals surface area contributed by atoms with Crippen LogP contribution in [0.1, 0.15) is 56.5 Å². The molecule has 0 saturated carbocycles. The maximum Gasteiger partial charge on any atom is 0.173 e. The van der Waals surface area contributed by atoms with Gasteiger partial charge in [-0.15, -0.1) is 0 Å². The van der Waals surface area contributed by atoms with Crippen LogP contribution in [0.4, 0.5) is 0 Å². The second-order valence-electron chi connectivity index (χ2n) is 9.26. The number of methoxy groups -OCH3 is 2. The molecule has 1 aliphatic heterocycles. The number of ether oxygens (including phenoxy) is 3. The highest BCUT2D eigenvalue weighted by Crippen LogP contribution is 2.40. The van der Waals surface area contributed by atoms with E-state index in [0.29, 0.717) is 5.92 Å². The van der Waals surface area contributed by atoms with Crippen LogP contribution in [0.15, 0.2) is 60.2 Å². The van der Waals surface area contributed by atoms with Crippen molar-refractivity contribution in [3.63, 3.8) is 0 Å². The molecule has 1 atom stereocenters. The quantitative estimate of drug-likeness (QED) is 0.315. The minimum Gasteiger partial charge on any atom is -0.497 e. The Balaban J connectivity index is 1.87. The molecule has 0 spiro atoms. The molecule has 2 heterocycles. The van der Waals surface area contributed by atoms with E-state index < -0.39 is 0 Å². The predicted octanol–water partition coefficient (Wildman–Crippen LogP) is 7.96. The second kappa shape index (κ2) is 8.60. The van der Waals surface area contributed by atoms with Gasteiger partial charge < -0.3 is 18.8 Å². The summed E-state index contributed by atoms with van der Waals surface area (Å²) in [5, 5.41) is 2.42. The number of fused-ring (bicyclic) bond motifs is 4. The maximum absolute atomic E-state index is 6.65. The van der Waals surface area contributed by atoms with Crippen molar-refractivity contribution >= 4 is 34.0 Å². The van der Waals surface area contributed by atoms with Crippen LogP contribution < -0.4 is 14.2 Å². The Hall–Kier alpha value is -3.66. The third kappa shape index (κ3) is 3.73. The number of nitrogens with zero attached hydrogens (tertiary/aromatic N) is 1. The summed E-state index contributed by atoms with van der Waals surface area (Å²) in [7, 11) is 3.39. The van der Waals surface area contributed by atoms with Gasteiger partial charge in [0.15, 0.2) is 6.23 Å². The summed E-state index contributed by atoms with van der Waals surface area (Å²) in [5.41, 5.74) is 6.93. The normalized spacial score (nSPS) is 18.1. The van der Waals surface area contributed by atoms with Crippen molar-refractivity contribution in [3.8, 4) is 17.2 Å². The first-order valence-electron chi connectivity index (χ1n) is 11.8. The highest BCUT2D eigenvalue weighted by atomic mass is 16.5. The Morgan fingerprint density at radius 3 is 2.32 bits per heavy atom. The van der Waals surface area contributed by atoms with Gasteiger partial charge in [-0.05, 0) is 73.4 Å². The molecule has 0 bridgehead atoms. The molecule has 0 radical (unpaired) electrons. The van der Waals surface area contributed by atoms with Gasteiger partial charge in [-0.2, -0.15) is 0 Å². The Morgan fingerprint density at radius 2 is 1.59 bits per heavy atom. The fourth-order valence-corrected chi connectivity index (χ4v) is 4.79. The van der Waals surface area contributed by atoms with Crippen LogP contribution in [0.3, 0.4) is 0 Å². The molecule has 4 heteroatoms. The zero-order valence-corrected chi connectivity index (χ0v) is 20.7. The van der Waals surface area contributed by atoms with Crippen molar-refractivity contribution in [2.45, 2.75) is 39.8 Å². The molecule has 1 unspecified atom stereocenters. The van der Waals surface area contributed by atoms with E-state index in [-0.39, 0.29) is 6.23 Å². The third-order valence-electron chi connectivity index (χ3n) is 6.61. The van der Waals surface area contributed by atoms with Gasteiger partial charge >= 0.3 is 0 Å². The summed E-state index contributed by atoms with van der Waals surface area (Å²) in [6.07, 6.45) is 6.31. The van der Waals surface area contributed by atoms with Crippen molar-refractivity contribution in [1.82, 2.24) is 4.57 Å². The van der Waals surface area contributed by atoms with Crippen LogP contribution >= 0.6 is 0 Å². The summed E-state index contributed by atoms with van der Waals surface area (Å²) in [4.78, 5) is 0. The summed E-state index contributed by atoms with van der Waals surface area (Å²) < 4.78 is 20.0. The fourth-order valence-electron chi connectivity index (χ4n) is 4.79. The van der Waals surface area contributed by atoms with Crippen LogP contribution in [-0.2, 0) is 0 Å². The van der Waals surface area contributed by atoms with Gasteiger partial charge in [-0.3, -0.25) is 0 Å². The van der Waals surface area contributed by atoms with Crippen molar-refractivity contribution in [2.24, 2.45) is 0 Å². The predicted molar refractivity (Wildman–Crippen MR) is 141 cm³/mol. The lowest BCUT2D eigenvalue weighted by Gasteiger charge is -2.21. The maximum atomic E-state index is 6.65. The average molecular weight is 454 g/mol. The van der Waals surface area contributed by atoms with Gasteiger partial charge in [-0.1, -0.05) is 31.6 Å². The molecule has 3 aromatic carbocycles. The summed E-state index contributed by atoms with van der Waals surface area (Å²) in [6.45, 7) is 8.70. The van der Waals surface area contributed by atoms with Crippen LogP contribution in [-0.4, -0.2) is 18.8 Å². The van der Waals surface area contributed by atoms with Crippen molar-refractivity contribution in [2.75, 3.05) is 14.2 Å².